The van der Waals surface area contributed by atoms with Crippen LogP contribution >= 0.6 is 11.6 Å². The number of rotatable bonds is 5. The Hall–Kier alpha value is -3.07. The summed E-state index contributed by atoms with van der Waals surface area (Å²) in [5, 5.41) is -0.387. The largest absolute Gasteiger partial charge is 0.462 e. The van der Waals surface area contributed by atoms with E-state index in [0.717, 1.165) is 6.07 Å². The van der Waals surface area contributed by atoms with Gasteiger partial charge < -0.3 is 14.5 Å². The van der Waals surface area contributed by atoms with Crippen molar-refractivity contribution in [2.45, 2.75) is 19.5 Å². The summed E-state index contributed by atoms with van der Waals surface area (Å²) in [5.41, 5.74) is -0.332. The molecule has 10 heteroatoms. The number of aromatic nitrogens is 1. The van der Waals surface area contributed by atoms with Gasteiger partial charge in [-0.15, -0.1) is 0 Å². The lowest BCUT2D eigenvalue weighted by atomic mass is 10.1. The first-order valence-corrected chi connectivity index (χ1v) is 10.8. The van der Waals surface area contributed by atoms with Gasteiger partial charge in [0, 0.05) is 38.5 Å². The summed E-state index contributed by atoms with van der Waals surface area (Å²) in [5.74, 6) is -0.0290. The molecule has 0 unspecified atom stereocenters. The number of amides is 1. The van der Waals surface area contributed by atoms with Crippen LogP contribution in [0.5, 0.6) is 0 Å². The molecule has 2 aromatic rings. The molecule has 1 fully saturated rings. The third-order valence-electron chi connectivity index (χ3n) is 5.10. The van der Waals surface area contributed by atoms with Gasteiger partial charge in [0.05, 0.1) is 22.8 Å². The Morgan fingerprint density at radius 3 is 2.61 bits per heavy atom. The predicted octanol–water partition coefficient (Wildman–Crippen LogP) is 4.68. The third kappa shape index (κ3) is 6.47. The van der Waals surface area contributed by atoms with E-state index >= 15 is 0 Å². The van der Waals surface area contributed by atoms with Gasteiger partial charge in [0.1, 0.15) is 5.82 Å². The summed E-state index contributed by atoms with van der Waals surface area (Å²) >= 11 is 5.63. The molecule has 6 nitrogen and oxygen atoms in total. The maximum atomic E-state index is 13.0. The highest BCUT2D eigenvalue weighted by Crippen LogP contribution is 2.35. The monoisotopic (exact) mass is 481 g/mol. The van der Waals surface area contributed by atoms with E-state index in [1.54, 1.807) is 24.0 Å². The zero-order valence-corrected chi connectivity index (χ0v) is 18.7. The van der Waals surface area contributed by atoms with E-state index in [-0.39, 0.29) is 23.1 Å². The molecule has 3 rings (SSSR count). The van der Waals surface area contributed by atoms with Crippen molar-refractivity contribution in [1.82, 2.24) is 9.88 Å². The number of benzene rings is 1. The quantitative estimate of drug-likeness (QED) is 0.458. The number of ether oxygens (including phenoxy) is 1. The van der Waals surface area contributed by atoms with Crippen LogP contribution in [0.15, 0.2) is 42.6 Å². The molecule has 33 heavy (non-hydrogen) atoms. The van der Waals surface area contributed by atoms with Gasteiger partial charge in [-0.1, -0.05) is 17.7 Å². The Kier molecular flexibility index (Phi) is 7.97. The molecule has 0 N–H and O–H groups in total. The average Bonchev–Trinajstić information content (AvgIpc) is 3.04. The lowest BCUT2D eigenvalue weighted by Crippen LogP contribution is -2.34. The Balaban J connectivity index is 1.61. The number of halogens is 4. The minimum absolute atomic E-state index is 0.238. The molecule has 176 valence electrons. The summed E-state index contributed by atoms with van der Waals surface area (Å²) in [6.07, 6.45) is 0.213. The first-order valence-electron chi connectivity index (χ1n) is 10.4. The summed E-state index contributed by atoms with van der Waals surface area (Å²) in [6.45, 7) is 4.16. The minimum atomic E-state index is -4.57. The van der Waals surface area contributed by atoms with Crippen molar-refractivity contribution in [2.75, 3.05) is 37.7 Å². The van der Waals surface area contributed by atoms with E-state index in [1.807, 2.05) is 4.90 Å². The fraction of sp³-hybridized carbons (Fsp3) is 0.348. The van der Waals surface area contributed by atoms with Crippen LogP contribution in [0.2, 0.25) is 5.02 Å². The molecule has 0 bridgehead atoms. The van der Waals surface area contributed by atoms with Gasteiger partial charge in [0.25, 0.3) is 0 Å². The number of carbonyl (C=O) groups excluding carboxylic acids is 2. The molecule has 1 aliphatic rings. The summed E-state index contributed by atoms with van der Waals surface area (Å²) in [4.78, 5) is 32.4. The van der Waals surface area contributed by atoms with Crippen molar-refractivity contribution in [3.8, 4) is 0 Å². The van der Waals surface area contributed by atoms with Crippen LogP contribution < -0.4 is 4.90 Å². The topological polar surface area (TPSA) is 62.7 Å². The summed E-state index contributed by atoms with van der Waals surface area (Å²) < 4.78 is 44.0. The van der Waals surface area contributed by atoms with Crippen LogP contribution in [0.1, 0.15) is 34.8 Å². The second kappa shape index (κ2) is 10.7. The van der Waals surface area contributed by atoms with Crippen molar-refractivity contribution in [3.63, 3.8) is 0 Å². The number of nitrogens with zero attached hydrogens (tertiary/aromatic N) is 3. The number of alkyl halides is 3. The number of esters is 1. The second-order valence-electron chi connectivity index (χ2n) is 7.36. The molecule has 0 saturated carbocycles. The fourth-order valence-corrected chi connectivity index (χ4v) is 3.64. The summed E-state index contributed by atoms with van der Waals surface area (Å²) in [6, 6.07) is 6.90. The predicted molar refractivity (Wildman–Crippen MR) is 119 cm³/mol. The van der Waals surface area contributed by atoms with Gasteiger partial charge in [-0.25, -0.2) is 9.78 Å². The van der Waals surface area contributed by atoms with Crippen LogP contribution in [0.25, 0.3) is 6.08 Å². The van der Waals surface area contributed by atoms with E-state index in [4.69, 9.17) is 16.3 Å². The maximum absolute atomic E-state index is 13.0. The van der Waals surface area contributed by atoms with Crippen LogP contribution in [-0.2, 0) is 15.7 Å². The van der Waals surface area contributed by atoms with E-state index in [2.05, 4.69) is 4.98 Å². The smallest absolute Gasteiger partial charge is 0.417 e. The Labute approximate surface area is 194 Å². The molecular formula is C23H23ClF3N3O3. The van der Waals surface area contributed by atoms with Gasteiger partial charge in [0.15, 0.2) is 0 Å². The van der Waals surface area contributed by atoms with Gasteiger partial charge in [-0.3, -0.25) is 4.79 Å². The summed E-state index contributed by atoms with van der Waals surface area (Å²) in [7, 11) is 0. The fourth-order valence-electron chi connectivity index (χ4n) is 3.41. The maximum Gasteiger partial charge on any atom is 0.417 e. The van der Waals surface area contributed by atoms with E-state index in [0.29, 0.717) is 44.0 Å². The van der Waals surface area contributed by atoms with E-state index < -0.39 is 17.7 Å². The normalized spacial score (nSPS) is 14.9. The van der Waals surface area contributed by atoms with E-state index in [9.17, 15) is 22.8 Å². The van der Waals surface area contributed by atoms with Crippen molar-refractivity contribution in [2.24, 2.45) is 0 Å². The lowest BCUT2D eigenvalue weighted by molar-refractivity contribution is -0.137. The number of hydrogen-bond acceptors (Lipinski definition) is 5. The molecule has 1 aromatic heterocycles. The van der Waals surface area contributed by atoms with Crippen LogP contribution in [0.4, 0.5) is 19.0 Å². The SMILES string of the molecule is CCOC(=O)c1ccc(N2CCCN(C(=O)/C=C/c3ccc(Cl)c(C(F)(F)F)c3)CC2)nc1. The van der Waals surface area contributed by atoms with Crippen LogP contribution in [0.3, 0.4) is 0 Å². The Bertz CT molecular complexity index is 1030. The zero-order chi connectivity index (χ0) is 24.0. The third-order valence-corrected chi connectivity index (χ3v) is 5.43. The second-order valence-corrected chi connectivity index (χ2v) is 7.77. The van der Waals surface area contributed by atoms with Gasteiger partial charge in [-0.05, 0) is 49.2 Å². The molecule has 1 amide bonds. The Morgan fingerprint density at radius 1 is 1.15 bits per heavy atom. The molecule has 1 aromatic carbocycles. The van der Waals surface area contributed by atoms with Gasteiger partial charge in [-0.2, -0.15) is 13.2 Å². The van der Waals surface area contributed by atoms with Crippen LogP contribution in [-0.4, -0.2) is 54.5 Å². The molecule has 0 aliphatic carbocycles. The molecule has 0 spiro atoms. The number of hydrogen-bond donors (Lipinski definition) is 0. The molecule has 0 atom stereocenters. The highest BCUT2D eigenvalue weighted by atomic mass is 35.5. The highest BCUT2D eigenvalue weighted by molar-refractivity contribution is 6.31. The number of anilines is 1. The van der Waals surface area contributed by atoms with Gasteiger partial charge in [0.2, 0.25) is 5.91 Å². The standard InChI is InChI=1S/C23H23ClF3N3O3/c1-2-33-22(32)17-6-8-20(28-15-17)29-10-3-11-30(13-12-29)21(31)9-5-16-4-7-19(24)18(14-16)23(25,26)27/h4-9,14-15H,2-3,10-13H2,1H3/b9-5+. The first-order chi connectivity index (χ1) is 15.7. The number of pyridine rings is 1. The molecule has 1 saturated heterocycles. The Morgan fingerprint density at radius 2 is 1.94 bits per heavy atom. The van der Waals surface area contributed by atoms with Crippen molar-refractivity contribution in [3.05, 3.63) is 64.3 Å². The van der Waals surface area contributed by atoms with Crippen molar-refractivity contribution >= 4 is 35.4 Å². The molecule has 1 aliphatic heterocycles. The highest BCUT2D eigenvalue weighted by Gasteiger charge is 2.33. The lowest BCUT2D eigenvalue weighted by Gasteiger charge is -2.22. The number of carbonyl (C=O) groups is 2. The zero-order valence-electron chi connectivity index (χ0n) is 17.9. The average molecular weight is 482 g/mol. The molecule has 0 radical (unpaired) electrons. The van der Waals surface area contributed by atoms with Crippen LogP contribution in [0, 0.1) is 0 Å². The van der Waals surface area contributed by atoms with Gasteiger partial charge >= 0.3 is 12.1 Å². The van der Waals surface area contributed by atoms with Crippen molar-refractivity contribution in [1.29, 1.82) is 0 Å². The van der Waals surface area contributed by atoms with E-state index in [1.165, 1.54) is 30.5 Å². The minimum Gasteiger partial charge on any atom is -0.462 e. The molecular weight excluding hydrogens is 459 g/mol. The van der Waals surface area contributed by atoms with Crippen molar-refractivity contribution < 1.29 is 27.5 Å². The first kappa shape index (κ1) is 24.6. The molecule has 2 heterocycles.